The van der Waals surface area contributed by atoms with Gasteiger partial charge in [-0.2, -0.15) is 5.10 Å². The van der Waals surface area contributed by atoms with Crippen LogP contribution in [0.1, 0.15) is 32.3 Å². The number of rotatable bonds is 2. The molecule has 2 N–H and O–H groups in total. The zero-order chi connectivity index (χ0) is 19.2. The molecule has 1 aliphatic carbocycles. The van der Waals surface area contributed by atoms with Crippen molar-refractivity contribution in [3.63, 3.8) is 0 Å². The number of nitrogens with one attached hydrogen (secondary N) is 2. The lowest BCUT2D eigenvalue weighted by Gasteiger charge is -2.27. The molecule has 1 saturated heterocycles. The summed E-state index contributed by atoms with van der Waals surface area (Å²) in [4.78, 5) is 14.8. The maximum Gasteiger partial charge on any atom is 0.253 e. The van der Waals surface area contributed by atoms with E-state index in [1.54, 1.807) is 12.1 Å². The predicted molar refractivity (Wildman–Crippen MR) is 106 cm³/mol. The number of carbonyl (C=O) groups is 1. The summed E-state index contributed by atoms with van der Waals surface area (Å²) >= 11 is 0. The molecule has 3 aliphatic rings. The van der Waals surface area contributed by atoms with Crippen molar-refractivity contribution in [1.82, 2.24) is 15.6 Å². The van der Waals surface area contributed by atoms with Gasteiger partial charge in [0.25, 0.3) is 5.91 Å². The van der Waals surface area contributed by atoms with Crippen LogP contribution in [0.15, 0.2) is 52.7 Å². The van der Waals surface area contributed by atoms with E-state index in [-0.39, 0.29) is 17.8 Å². The van der Waals surface area contributed by atoms with Gasteiger partial charge in [-0.1, -0.05) is 19.9 Å². The van der Waals surface area contributed by atoms with Crippen LogP contribution in [0.25, 0.3) is 0 Å². The van der Waals surface area contributed by atoms with Crippen LogP contribution in [0.2, 0.25) is 0 Å². The monoisotopic (exact) mass is 370 g/mol. The third-order valence-corrected chi connectivity index (χ3v) is 4.88. The van der Waals surface area contributed by atoms with Crippen molar-refractivity contribution in [3.05, 3.63) is 58.9 Å². The standard InChI is InChI=1S/C19H21FN4O.C2H6/c20-15-6-4-13(5-7-15)18-16-12-14(2-1-3-17(16)22-23-18)19(25)24-10-8-21-9-11-24;1-2/h2,4-7,12,17,21-22H,1,3,8-11H2;1-2H3. The van der Waals surface area contributed by atoms with Crippen molar-refractivity contribution >= 4 is 11.6 Å². The van der Waals surface area contributed by atoms with Crippen LogP contribution < -0.4 is 10.7 Å². The topological polar surface area (TPSA) is 56.7 Å². The predicted octanol–water partition coefficient (Wildman–Crippen LogP) is 2.61. The molecule has 2 heterocycles. The molecule has 1 aromatic carbocycles. The maximum absolute atomic E-state index is 13.2. The Morgan fingerprint density at radius 1 is 1.19 bits per heavy atom. The molecule has 0 spiro atoms. The molecule has 1 fully saturated rings. The summed E-state index contributed by atoms with van der Waals surface area (Å²) in [5.41, 5.74) is 6.56. The Kier molecular flexibility index (Phi) is 6.40. The van der Waals surface area contributed by atoms with Crippen LogP contribution in [0.3, 0.4) is 0 Å². The number of hydrogen-bond donors (Lipinski definition) is 2. The van der Waals surface area contributed by atoms with Crippen molar-refractivity contribution < 1.29 is 9.18 Å². The minimum Gasteiger partial charge on any atom is -0.336 e. The van der Waals surface area contributed by atoms with E-state index in [0.717, 1.165) is 61.4 Å². The van der Waals surface area contributed by atoms with Gasteiger partial charge in [0.15, 0.2) is 0 Å². The average Bonchev–Trinajstić information content (AvgIpc) is 3.00. The molecule has 0 saturated carbocycles. The lowest BCUT2D eigenvalue weighted by molar-refractivity contribution is -0.127. The maximum atomic E-state index is 13.2. The van der Waals surface area contributed by atoms with Gasteiger partial charge in [0.2, 0.25) is 0 Å². The third kappa shape index (κ3) is 4.27. The molecule has 1 aromatic rings. The fourth-order valence-corrected chi connectivity index (χ4v) is 3.50. The molecule has 144 valence electrons. The summed E-state index contributed by atoms with van der Waals surface area (Å²) in [5.74, 6) is -0.184. The van der Waals surface area contributed by atoms with Crippen LogP contribution in [0.5, 0.6) is 0 Å². The second-order valence-corrected chi connectivity index (χ2v) is 6.53. The highest BCUT2D eigenvalue weighted by Crippen LogP contribution is 2.27. The Labute approximate surface area is 160 Å². The summed E-state index contributed by atoms with van der Waals surface area (Å²) in [5, 5.41) is 7.71. The van der Waals surface area contributed by atoms with Crippen LogP contribution in [0, 0.1) is 5.82 Å². The number of benzene rings is 1. The van der Waals surface area contributed by atoms with Gasteiger partial charge in [-0.15, -0.1) is 0 Å². The van der Waals surface area contributed by atoms with Crippen molar-refractivity contribution in [2.75, 3.05) is 26.2 Å². The molecular formula is C21H27FN4O. The SMILES string of the molecule is CC.O=C(C1=CCCC2NN=C(c3ccc(F)cc3)C2=C1)N1CCNCC1. The highest BCUT2D eigenvalue weighted by molar-refractivity contribution is 6.15. The third-order valence-electron chi connectivity index (χ3n) is 4.88. The van der Waals surface area contributed by atoms with Gasteiger partial charge in [0.05, 0.1) is 11.8 Å². The highest BCUT2D eigenvalue weighted by atomic mass is 19.1. The van der Waals surface area contributed by atoms with Gasteiger partial charge in [0, 0.05) is 42.9 Å². The van der Waals surface area contributed by atoms with Gasteiger partial charge < -0.3 is 15.6 Å². The van der Waals surface area contributed by atoms with Crippen LogP contribution in [-0.4, -0.2) is 48.7 Å². The smallest absolute Gasteiger partial charge is 0.253 e. The van der Waals surface area contributed by atoms with E-state index in [1.165, 1.54) is 12.1 Å². The highest BCUT2D eigenvalue weighted by Gasteiger charge is 2.29. The van der Waals surface area contributed by atoms with E-state index in [0.29, 0.717) is 0 Å². The molecule has 4 rings (SSSR count). The molecule has 1 unspecified atom stereocenters. The van der Waals surface area contributed by atoms with Gasteiger partial charge >= 0.3 is 0 Å². The minimum atomic E-state index is -0.267. The average molecular weight is 370 g/mol. The van der Waals surface area contributed by atoms with Gasteiger partial charge in [0.1, 0.15) is 5.82 Å². The Bertz CT molecular complexity index is 761. The lowest BCUT2D eigenvalue weighted by atomic mass is 9.95. The first-order valence-corrected chi connectivity index (χ1v) is 9.73. The summed E-state index contributed by atoms with van der Waals surface area (Å²) in [7, 11) is 0. The fourth-order valence-electron chi connectivity index (χ4n) is 3.50. The number of nitrogens with zero attached hydrogens (tertiary/aromatic N) is 2. The molecular weight excluding hydrogens is 343 g/mol. The molecule has 0 aromatic heterocycles. The number of hydrogen-bond acceptors (Lipinski definition) is 4. The van der Waals surface area contributed by atoms with E-state index < -0.39 is 0 Å². The van der Waals surface area contributed by atoms with Crippen LogP contribution in [0.4, 0.5) is 4.39 Å². The second-order valence-electron chi connectivity index (χ2n) is 6.53. The van der Waals surface area contributed by atoms with E-state index in [9.17, 15) is 9.18 Å². The fraction of sp³-hybridized carbons (Fsp3) is 0.429. The Hall–Kier alpha value is -2.47. The number of carbonyl (C=O) groups excluding carboxylic acids is 1. The first kappa shape index (κ1) is 19.3. The van der Waals surface area contributed by atoms with Crippen molar-refractivity contribution in [2.45, 2.75) is 32.7 Å². The Morgan fingerprint density at radius 2 is 1.89 bits per heavy atom. The molecule has 5 nitrogen and oxygen atoms in total. The van der Waals surface area contributed by atoms with E-state index >= 15 is 0 Å². The largest absolute Gasteiger partial charge is 0.336 e. The van der Waals surface area contributed by atoms with Crippen molar-refractivity contribution in [2.24, 2.45) is 5.10 Å². The van der Waals surface area contributed by atoms with Crippen LogP contribution >= 0.6 is 0 Å². The van der Waals surface area contributed by atoms with Crippen molar-refractivity contribution in [3.8, 4) is 0 Å². The number of piperazine rings is 1. The lowest BCUT2D eigenvalue weighted by Crippen LogP contribution is -2.46. The molecule has 1 amide bonds. The summed E-state index contributed by atoms with van der Waals surface area (Å²) < 4.78 is 13.2. The number of amides is 1. The number of allylic oxidation sites excluding steroid dienone is 1. The number of fused-ring (bicyclic) bond motifs is 1. The zero-order valence-corrected chi connectivity index (χ0v) is 16.0. The first-order chi connectivity index (χ1) is 13.2. The number of halogens is 1. The molecule has 1 atom stereocenters. The Morgan fingerprint density at radius 3 is 2.59 bits per heavy atom. The Balaban J connectivity index is 0.00000102. The van der Waals surface area contributed by atoms with Gasteiger partial charge in [-0.25, -0.2) is 4.39 Å². The summed E-state index contributed by atoms with van der Waals surface area (Å²) in [6, 6.07) is 6.43. The molecule has 27 heavy (non-hydrogen) atoms. The van der Waals surface area contributed by atoms with Gasteiger partial charge in [-0.05, 0) is 43.2 Å². The van der Waals surface area contributed by atoms with E-state index in [4.69, 9.17) is 0 Å². The van der Waals surface area contributed by atoms with E-state index in [2.05, 4.69) is 15.8 Å². The summed E-state index contributed by atoms with van der Waals surface area (Å²) in [6.07, 6.45) is 5.71. The molecule has 0 bridgehead atoms. The van der Waals surface area contributed by atoms with Crippen LogP contribution in [-0.2, 0) is 4.79 Å². The normalized spacial score (nSPS) is 21.5. The zero-order valence-electron chi connectivity index (χ0n) is 16.0. The number of hydrazone groups is 1. The first-order valence-electron chi connectivity index (χ1n) is 9.73. The summed E-state index contributed by atoms with van der Waals surface area (Å²) in [6.45, 7) is 7.14. The molecule has 2 aliphatic heterocycles. The minimum absolute atomic E-state index is 0.0833. The van der Waals surface area contributed by atoms with Crippen molar-refractivity contribution in [1.29, 1.82) is 0 Å². The van der Waals surface area contributed by atoms with E-state index in [1.807, 2.05) is 30.9 Å². The quantitative estimate of drug-likeness (QED) is 0.841. The second kappa shape index (κ2) is 8.95. The van der Waals surface area contributed by atoms with Gasteiger partial charge in [-0.3, -0.25) is 4.79 Å². The molecule has 0 radical (unpaired) electrons. The molecule has 6 heteroatoms.